The second-order valence-electron chi connectivity index (χ2n) is 9.59. The molecule has 0 spiro atoms. The Balaban J connectivity index is 2.16. The quantitative estimate of drug-likeness (QED) is 0.298. The Morgan fingerprint density at radius 1 is 0.700 bits per heavy atom. The highest BCUT2D eigenvalue weighted by Crippen LogP contribution is 2.45. The standard InChI is InChI=1S/C26H29ClINS/c1-25(2,3)18-10-14-20(15-11-18)29(23-9-7-8-22(27)24(23)30-28)21-16-12-19(13-17-21)26(4,5)6/h7-17H,1-6H3. The zero-order valence-corrected chi connectivity index (χ0v) is 22.2. The third-order valence-electron chi connectivity index (χ3n) is 5.25. The van der Waals surface area contributed by atoms with Gasteiger partial charge in [-0.2, -0.15) is 0 Å². The summed E-state index contributed by atoms with van der Waals surface area (Å²) >= 11 is 8.88. The lowest BCUT2D eigenvalue weighted by atomic mass is 9.86. The van der Waals surface area contributed by atoms with Gasteiger partial charge in [0, 0.05) is 32.6 Å². The summed E-state index contributed by atoms with van der Waals surface area (Å²) in [5.74, 6) is 0. The summed E-state index contributed by atoms with van der Waals surface area (Å²) in [5.41, 5.74) is 6.23. The predicted molar refractivity (Wildman–Crippen MR) is 143 cm³/mol. The first-order valence-electron chi connectivity index (χ1n) is 10.1. The molecule has 3 aromatic carbocycles. The molecule has 0 aliphatic carbocycles. The first-order valence-corrected chi connectivity index (χ1v) is 13.8. The Morgan fingerprint density at radius 3 is 1.50 bits per heavy atom. The molecule has 0 heterocycles. The van der Waals surface area contributed by atoms with Crippen LogP contribution in [0.15, 0.2) is 71.6 Å². The fraction of sp³-hybridized carbons (Fsp3) is 0.308. The fourth-order valence-corrected chi connectivity index (χ4v) is 5.84. The third kappa shape index (κ3) is 5.17. The van der Waals surface area contributed by atoms with Crippen LogP contribution in [0.25, 0.3) is 0 Å². The number of anilines is 3. The maximum Gasteiger partial charge on any atom is 0.0620 e. The molecule has 0 aliphatic rings. The zero-order valence-electron chi connectivity index (χ0n) is 18.5. The molecule has 0 atom stereocenters. The molecule has 4 heteroatoms. The highest BCUT2D eigenvalue weighted by atomic mass is 127. The van der Waals surface area contributed by atoms with Gasteiger partial charge in [0.1, 0.15) is 0 Å². The number of hydrogen-bond acceptors (Lipinski definition) is 2. The first-order chi connectivity index (χ1) is 14.0. The molecule has 0 bridgehead atoms. The average molecular weight is 550 g/mol. The van der Waals surface area contributed by atoms with Crippen molar-refractivity contribution in [1.82, 2.24) is 0 Å². The lowest BCUT2D eigenvalue weighted by molar-refractivity contribution is 0.590. The van der Waals surface area contributed by atoms with Crippen molar-refractivity contribution in [2.24, 2.45) is 0 Å². The van der Waals surface area contributed by atoms with E-state index in [-0.39, 0.29) is 10.8 Å². The van der Waals surface area contributed by atoms with Gasteiger partial charge in [0.2, 0.25) is 0 Å². The van der Waals surface area contributed by atoms with Gasteiger partial charge in [-0.15, -0.1) is 0 Å². The molecule has 0 saturated carbocycles. The van der Waals surface area contributed by atoms with Crippen LogP contribution in [-0.2, 0) is 10.8 Å². The van der Waals surface area contributed by atoms with Crippen molar-refractivity contribution in [1.29, 1.82) is 0 Å². The zero-order chi connectivity index (χ0) is 22.1. The molecule has 158 valence electrons. The topological polar surface area (TPSA) is 3.24 Å². The Labute approximate surface area is 202 Å². The first kappa shape index (κ1) is 23.5. The van der Waals surface area contributed by atoms with Gasteiger partial charge in [-0.25, -0.2) is 0 Å². The van der Waals surface area contributed by atoms with Crippen LogP contribution in [0.2, 0.25) is 5.02 Å². The van der Waals surface area contributed by atoms with Crippen LogP contribution >= 0.6 is 41.7 Å². The number of halogens is 2. The molecule has 3 rings (SSSR count). The molecule has 1 nitrogen and oxygen atoms in total. The molecule has 0 unspecified atom stereocenters. The smallest absolute Gasteiger partial charge is 0.0620 e. The third-order valence-corrected chi connectivity index (χ3v) is 7.58. The summed E-state index contributed by atoms with van der Waals surface area (Å²) in [5, 5.41) is 0.773. The molecule has 3 aromatic rings. The normalized spacial score (nSPS) is 12.1. The minimum absolute atomic E-state index is 0.122. The molecule has 0 fully saturated rings. The molecule has 0 N–H and O–H groups in total. The van der Waals surface area contributed by atoms with Crippen LogP contribution < -0.4 is 4.90 Å². The summed E-state index contributed by atoms with van der Waals surface area (Å²) in [4.78, 5) is 3.37. The van der Waals surface area contributed by atoms with Gasteiger partial charge in [0.25, 0.3) is 0 Å². The maximum atomic E-state index is 6.57. The predicted octanol–water partition coefficient (Wildman–Crippen LogP) is 9.85. The average Bonchev–Trinajstić information content (AvgIpc) is 2.68. The lowest BCUT2D eigenvalue weighted by Crippen LogP contribution is -2.14. The van der Waals surface area contributed by atoms with Crippen LogP contribution in [0.1, 0.15) is 52.7 Å². The van der Waals surface area contributed by atoms with Gasteiger partial charge in [-0.05, 0) is 67.3 Å². The van der Waals surface area contributed by atoms with Crippen molar-refractivity contribution < 1.29 is 0 Å². The number of nitrogens with zero attached hydrogens (tertiary/aromatic N) is 1. The number of rotatable bonds is 4. The lowest BCUT2D eigenvalue weighted by Gasteiger charge is -2.29. The van der Waals surface area contributed by atoms with Gasteiger partial charge in [0.15, 0.2) is 0 Å². The molecule has 0 aromatic heterocycles. The van der Waals surface area contributed by atoms with Crippen molar-refractivity contribution in [3.8, 4) is 0 Å². The van der Waals surface area contributed by atoms with E-state index in [4.69, 9.17) is 11.6 Å². The second kappa shape index (κ2) is 9.13. The van der Waals surface area contributed by atoms with E-state index in [1.807, 2.05) is 12.1 Å². The molecule has 30 heavy (non-hydrogen) atoms. The minimum atomic E-state index is 0.122. The van der Waals surface area contributed by atoms with Crippen LogP contribution in [0.3, 0.4) is 0 Å². The largest absolute Gasteiger partial charge is 0.309 e. The van der Waals surface area contributed by atoms with Crippen molar-refractivity contribution in [3.63, 3.8) is 0 Å². The highest BCUT2D eigenvalue weighted by molar-refractivity contribution is 14.2. The monoisotopic (exact) mass is 549 g/mol. The summed E-state index contributed by atoms with van der Waals surface area (Å²) in [7, 11) is 1.65. The Kier molecular flexibility index (Phi) is 7.15. The summed E-state index contributed by atoms with van der Waals surface area (Å²) in [6.45, 7) is 13.5. The van der Waals surface area contributed by atoms with Gasteiger partial charge < -0.3 is 4.90 Å². The van der Waals surface area contributed by atoms with E-state index in [9.17, 15) is 0 Å². The number of benzene rings is 3. The van der Waals surface area contributed by atoms with Crippen molar-refractivity contribution in [3.05, 3.63) is 82.9 Å². The van der Waals surface area contributed by atoms with Crippen molar-refractivity contribution in [2.45, 2.75) is 57.3 Å². The SMILES string of the molecule is CC(C)(C)c1ccc(N(c2ccc(C(C)(C)C)cc2)c2cccc(Cl)c2SI)cc1. The van der Waals surface area contributed by atoms with E-state index in [1.54, 1.807) is 8.93 Å². The van der Waals surface area contributed by atoms with Gasteiger partial charge in [-0.1, -0.05) is 83.5 Å². The second-order valence-corrected chi connectivity index (χ2v) is 11.9. The Bertz CT molecular complexity index is 942. The minimum Gasteiger partial charge on any atom is -0.309 e. The summed E-state index contributed by atoms with van der Waals surface area (Å²) in [6.07, 6.45) is 0. The van der Waals surface area contributed by atoms with Gasteiger partial charge >= 0.3 is 0 Å². The van der Waals surface area contributed by atoms with Crippen molar-refractivity contribution >= 4 is 58.8 Å². The molecule has 0 saturated heterocycles. The van der Waals surface area contributed by atoms with E-state index in [1.165, 1.54) is 11.1 Å². The molecular formula is C26H29ClINS. The van der Waals surface area contributed by atoms with E-state index in [0.717, 1.165) is 27.0 Å². The molecule has 0 amide bonds. The van der Waals surface area contributed by atoms with Crippen molar-refractivity contribution in [2.75, 3.05) is 4.90 Å². The summed E-state index contributed by atoms with van der Waals surface area (Å²) < 4.78 is 0. The van der Waals surface area contributed by atoms with E-state index in [2.05, 4.69) is 122 Å². The Hall–Kier alpha value is -1.17. The fourth-order valence-electron chi connectivity index (χ4n) is 3.40. The molecular weight excluding hydrogens is 521 g/mol. The number of hydrogen-bond donors (Lipinski definition) is 0. The molecule has 0 radical (unpaired) electrons. The van der Waals surface area contributed by atoms with E-state index >= 15 is 0 Å². The maximum absolute atomic E-state index is 6.57. The van der Waals surface area contributed by atoms with Gasteiger partial charge in [0.05, 0.1) is 15.6 Å². The van der Waals surface area contributed by atoms with E-state index < -0.39 is 0 Å². The highest BCUT2D eigenvalue weighted by Gasteiger charge is 2.21. The van der Waals surface area contributed by atoms with Crippen LogP contribution in [0, 0.1) is 0 Å². The summed E-state index contributed by atoms with van der Waals surface area (Å²) in [6, 6.07) is 23.9. The Morgan fingerprint density at radius 2 is 1.13 bits per heavy atom. The van der Waals surface area contributed by atoms with Crippen LogP contribution in [0.5, 0.6) is 0 Å². The van der Waals surface area contributed by atoms with Crippen LogP contribution in [0.4, 0.5) is 17.1 Å². The van der Waals surface area contributed by atoms with Crippen LogP contribution in [-0.4, -0.2) is 0 Å². The molecule has 0 aliphatic heterocycles. The van der Waals surface area contributed by atoms with E-state index in [0.29, 0.717) is 0 Å². The van der Waals surface area contributed by atoms with Gasteiger partial charge in [-0.3, -0.25) is 0 Å².